The number of anilines is 2. The third-order valence-corrected chi connectivity index (χ3v) is 5.93. The van der Waals surface area contributed by atoms with Crippen molar-refractivity contribution in [3.63, 3.8) is 0 Å². The number of para-hydroxylation sites is 1. The summed E-state index contributed by atoms with van der Waals surface area (Å²) in [4.78, 5) is 14.5. The van der Waals surface area contributed by atoms with Gasteiger partial charge in [-0.3, -0.25) is 4.79 Å². The van der Waals surface area contributed by atoms with E-state index in [2.05, 4.69) is 5.32 Å². The van der Waals surface area contributed by atoms with Crippen LogP contribution in [-0.2, 0) is 14.8 Å². The average Bonchev–Trinajstić information content (AvgIpc) is 2.64. The third-order valence-electron chi connectivity index (χ3n) is 5.02. The molecular weight excluding hydrogens is 366 g/mol. The zero-order valence-electron chi connectivity index (χ0n) is 14.9. The SMILES string of the molecule is CN1C(=O)C(C)(C2=Cc3ccccc3NC2)Oc2cc(S(N)(=O)=O)ccc21. The number of carbonyl (C=O) groups excluding carboxylic acids is 1. The van der Waals surface area contributed by atoms with Crippen LogP contribution in [0.15, 0.2) is 52.9 Å². The number of hydrogen-bond acceptors (Lipinski definition) is 5. The summed E-state index contributed by atoms with van der Waals surface area (Å²) in [5.74, 6) is 0.0664. The number of hydrogen-bond donors (Lipinski definition) is 2. The van der Waals surface area contributed by atoms with Gasteiger partial charge in [0, 0.05) is 30.9 Å². The van der Waals surface area contributed by atoms with Crippen LogP contribution in [0.1, 0.15) is 12.5 Å². The molecule has 2 heterocycles. The molecule has 0 aliphatic carbocycles. The van der Waals surface area contributed by atoms with E-state index in [1.54, 1.807) is 14.0 Å². The minimum atomic E-state index is -3.88. The zero-order valence-corrected chi connectivity index (χ0v) is 15.7. The van der Waals surface area contributed by atoms with Crippen LogP contribution in [0.3, 0.4) is 0 Å². The lowest BCUT2D eigenvalue weighted by Gasteiger charge is -2.41. The number of amides is 1. The van der Waals surface area contributed by atoms with Crippen molar-refractivity contribution in [1.82, 2.24) is 0 Å². The van der Waals surface area contributed by atoms with E-state index in [1.807, 2.05) is 30.3 Å². The van der Waals surface area contributed by atoms with Crippen molar-refractivity contribution in [1.29, 1.82) is 0 Å². The van der Waals surface area contributed by atoms with Gasteiger partial charge in [-0.15, -0.1) is 0 Å². The van der Waals surface area contributed by atoms with Crippen LogP contribution in [-0.4, -0.2) is 33.5 Å². The van der Waals surface area contributed by atoms with Crippen molar-refractivity contribution in [2.75, 3.05) is 23.8 Å². The van der Waals surface area contributed by atoms with Crippen LogP contribution in [0.4, 0.5) is 11.4 Å². The molecule has 0 saturated heterocycles. The molecule has 1 atom stereocenters. The molecule has 0 fully saturated rings. The Morgan fingerprint density at radius 2 is 1.96 bits per heavy atom. The Morgan fingerprint density at radius 3 is 2.70 bits per heavy atom. The highest BCUT2D eigenvalue weighted by molar-refractivity contribution is 7.89. The van der Waals surface area contributed by atoms with Gasteiger partial charge in [0.15, 0.2) is 0 Å². The van der Waals surface area contributed by atoms with Crippen LogP contribution >= 0.6 is 0 Å². The van der Waals surface area contributed by atoms with Crippen LogP contribution in [0, 0.1) is 0 Å². The van der Waals surface area contributed by atoms with Crippen molar-refractivity contribution < 1.29 is 17.9 Å². The number of fused-ring (bicyclic) bond motifs is 2. The second-order valence-electron chi connectivity index (χ2n) is 6.78. The molecule has 1 unspecified atom stereocenters. The summed E-state index contributed by atoms with van der Waals surface area (Å²) in [6, 6.07) is 12.0. The second-order valence-corrected chi connectivity index (χ2v) is 8.35. The van der Waals surface area contributed by atoms with Gasteiger partial charge in [0.1, 0.15) is 5.75 Å². The quantitative estimate of drug-likeness (QED) is 0.823. The Labute approximate surface area is 157 Å². The fourth-order valence-corrected chi connectivity index (χ4v) is 3.97. The van der Waals surface area contributed by atoms with Gasteiger partial charge in [-0.1, -0.05) is 18.2 Å². The summed E-state index contributed by atoms with van der Waals surface area (Å²) in [6.45, 7) is 2.14. The van der Waals surface area contributed by atoms with Crippen LogP contribution in [0.25, 0.3) is 6.08 Å². The lowest BCUT2D eigenvalue weighted by molar-refractivity contribution is -0.130. The number of primary sulfonamides is 1. The topological polar surface area (TPSA) is 102 Å². The van der Waals surface area contributed by atoms with Gasteiger partial charge in [0.05, 0.1) is 10.6 Å². The smallest absolute Gasteiger partial charge is 0.275 e. The number of nitrogens with two attached hydrogens (primary N) is 1. The van der Waals surface area contributed by atoms with Crippen molar-refractivity contribution in [2.24, 2.45) is 5.14 Å². The Morgan fingerprint density at radius 1 is 1.22 bits per heavy atom. The summed E-state index contributed by atoms with van der Waals surface area (Å²) in [5.41, 5.74) is 1.93. The van der Waals surface area contributed by atoms with E-state index in [9.17, 15) is 13.2 Å². The van der Waals surface area contributed by atoms with Gasteiger partial charge >= 0.3 is 0 Å². The molecule has 27 heavy (non-hydrogen) atoms. The summed E-state index contributed by atoms with van der Waals surface area (Å²) >= 11 is 0. The molecule has 3 N–H and O–H groups in total. The predicted molar refractivity (Wildman–Crippen MR) is 103 cm³/mol. The lowest BCUT2D eigenvalue weighted by Crippen LogP contribution is -2.55. The highest BCUT2D eigenvalue weighted by atomic mass is 32.2. The highest BCUT2D eigenvalue weighted by Crippen LogP contribution is 2.42. The van der Waals surface area contributed by atoms with Crippen LogP contribution in [0.2, 0.25) is 0 Å². The molecule has 2 aromatic carbocycles. The van der Waals surface area contributed by atoms with Gasteiger partial charge in [-0.25, -0.2) is 13.6 Å². The Balaban J connectivity index is 1.81. The molecule has 4 rings (SSSR count). The van der Waals surface area contributed by atoms with Crippen molar-refractivity contribution in [3.8, 4) is 5.75 Å². The van der Waals surface area contributed by atoms with Gasteiger partial charge in [0.2, 0.25) is 15.6 Å². The largest absolute Gasteiger partial charge is 0.471 e. The first-order valence-corrected chi connectivity index (χ1v) is 9.93. The average molecular weight is 385 g/mol. The van der Waals surface area contributed by atoms with E-state index in [0.29, 0.717) is 18.0 Å². The van der Waals surface area contributed by atoms with E-state index in [0.717, 1.165) is 16.8 Å². The molecule has 0 saturated carbocycles. The molecule has 1 amide bonds. The van der Waals surface area contributed by atoms with E-state index < -0.39 is 15.6 Å². The molecule has 2 aliphatic heterocycles. The molecule has 7 nitrogen and oxygen atoms in total. The maximum atomic E-state index is 13.1. The Bertz CT molecular complexity index is 1090. The van der Waals surface area contributed by atoms with E-state index in [1.165, 1.54) is 23.1 Å². The fourth-order valence-electron chi connectivity index (χ4n) is 3.45. The van der Waals surface area contributed by atoms with Gasteiger partial charge < -0.3 is 15.0 Å². The monoisotopic (exact) mass is 385 g/mol. The lowest BCUT2D eigenvalue weighted by atomic mass is 9.88. The van der Waals surface area contributed by atoms with E-state index >= 15 is 0 Å². The van der Waals surface area contributed by atoms with Crippen molar-refractivity contribution in [3.05, 3.63) is 53.6 Å². The molecule has 2 aliphatic rings. The van der Waals surface area contributed by atoms with Crippen molar-refractivity contribution in [2.45, 2.75) is 17.4 Å². The van der Waals surface area contributed by atoms with E-state index in [4.69, 9.17) is 9.88 Å². The molecule has 2 aromatic rings. The number of sulfonamides is 1. The second kappa shape index (κ2) is 5.83. The molecule has 0 bridgehead atoms. The summed E-state index contributed by atoms with van der Waals surface area (Å²) in [6.07, 6.45) is 1.94. The first kappa shape index (κ1) is 17.6. The normalized spacial score (nSPS) is 21.5. The molecule has 0 spiro atoms. The summed E-state index contributed by atoms with van der Waals surface area (Å²) in [5, 5.41) is 8.53. The van der Waals surface area contributed by atoms with E-state index in [-0.39, 0.29) is 10.8 Å². The maximum Gasteiger partial charge on any atom is 0.275 e. The maximum absolute atomic E-state index is 13.1. The van der Waals surface area contributed by atoms with Gasteiger partial charge in [0.25, 0.3) is 5.91 Å². The Hall–Kier alpha value is -2.84. The number of nitrogens with one attached hydrogen (secondary N) is 1. The first-order chi connectivity index (χ1) is 12.7. The third kappa shape index (κ3) is 2.77. The number of nitrogens with zero attached hydrogens (tertiary/aromatic N) is 1. The highest BCUT2D eigenvalue weighted by Gasteiger charge is 2.47. The minimum absolute atomic E-state index is 0.0626. The molecule has 0 aromatic heterocycles. The number of ether oxygens (including phenoxy) is 1. The Kier molecular flexibility index (Phi) is 3.79. The number of rotatable bonds is 2. The summed E-state index contributed by atoms with van der Waals surface area (Å²) < 4.78 is 29.4. The fraction of sp³-hybridized carbons (Fsp3) is 0.211. The molecule has 140 valence electrons. The first-order valence-electron chi connectivity index (χ1n) is 8.38. The standard InChI is InChI=1S/C19H19N3O4S/c1-19(13-9-12-5-3-4-6-15(12)21-11-13)18(23)22(2)16-8-7-14(27(20,24)25)10-17(16)26-19/h3-10,21H,11H2,1-2H3,(H2,20,24,25). The number of carbonyl (C=O) groups is 1. The molecule has 8 heteroatoms. The van der Waals surface area contributed by atoms with Crippen LogP contribution in [0.5, 0.6) is 5.75 Å². The summed E-state index contributed by atoms with van der Waals surface area (Å²) in [7, 11) is -2.24. The zero-order chi connectivity index (χ0) is 19.4. The molecular formula is C19H19N3O4S. The van der Waals surface area contributed by atoms with Gasteiger partial charge in [-0.05, 0) is 36.8 Å². The predicted octanol–water partition coefficient (Wildman–Crippen LogP) is 1.96. The van der Waals surface area contributed by atoms with Crippen molar-refractivity contribution >= 4 is 33.4 Å². The minimum Gasteiger partial charge on any atom is -0.471 e. The number of benzene rings is 2. The number of likely N-dealkylation sites (N-methyl/N-ethyl adjacent to an activating group) is 1. The van der Waals surface area contributed by atoms with Crippen LogP contribution < -0.4 is 20.1 Å². The van der Waals surface area contributed by atoms with Gasteiger partial charge in [-0.2, -0.15) is 0 Å². The molecule has 0 radical (unpaired) electrons.